The molecule has 2 atom stereocenters. The van der Waals surface area contributed by atoms with E-state index in [0.717, 1.165) is 24.6 Å². The van der Waals surface area contributed by atoms with Gasteiger partial charge in [0, 0.05) is 12.1 Å². The molecule has 3 heteroatoms. The summed E-state index contributed by atoms with van der Waals surface area (Å²) in [6.07, 6.45) is 3.58. The van der Waals surface area contributed by atoms with Crippen LogP contribution in [0.5, 0.6) is 0 Å². The number of benzene rings is 1. The van der Waals surface area contributed by atoms with Gasteiger partial charge in [-0.2, -0.15) is 0 Å². The molecule has 1 nitrogen and oxygen atoms in total. The molecule has 0 heterocycles. The number of rotatable bonds is 4. The molecule has 3 rings (SSSR count). The van der Waals surface area contributed by atoms with Crippen molar-refractivity contribution in [3.05, 3.63) is 35.4 Å². The van der Waals surface area contributed by atoms with Gasteiger partial charge in [-0.3, -0.25) is 0 Å². The Morgan fingerprint density at radius 3 is 2.47 bits per heavy atom. The molecule has 2 unspecified atom stereocenters. The molecular weight excluding hydrogens is 220 g/mol. The van der Waals surface area contributed by atoms with E-state index in [9.17, 15) is 8.78 Å². The maximum atomic E-state index is 13.2. The van der Waals surface area contributed by atoms with Gasteiger partial charge in [0.2, 0.25) is 0 Å². The van der Waals surface area contributed by atoms with Crippen LogP contribution >= 0.6 is 0 Å². The Morgan fingerprint density at radius 2 is 1.88 bits per heavy atom. The van der Waals surface area contributed by atoms with Crippen LogP contribution in [-0.4, -0.2) is 12.6 Å². The zero-order valence-corrected chi connectivity index (χ0v) is 9.97. The summed E-state index contributed by atoms with van der Waals surface area (Å²) in [6.45, 7) is 3.07. The van der Waals surface area contributed by atoms with E-state index in [0.29, 0.717) is 12.0 Å². The zero-order valence-electron chi connectivity index (χ0n) is 9.97. The largest absolute Gasteiger partial charge is 0.314 e. The van der Waals surface area contributed by atoms with E-state index < -0.39 is 11.6 Å². The Hall–Kier alpha value is -0.960. The SMILES string of the molecule is CC1(c2cc(F)cc(F)c2)CC1CNC1CC1. The van der Waals surface area contributed by atoms with Crippen LogP contribution in [0.25, 0.3) is 0 Å². The second-order valence-electron chi connectivity index (χ2n) is 5.66. The third-order valence-corrected chi connectivity index (χ3v) is 4.16. The van der Waals surface area contributed by atoms with Crippen molar-refractivity contribution in [2.75, 3.05) is 6.54 Å². The summed E-state index contributed by atoms with van der Waals surface area (Å²) < 4.78 is 26.4. The fourth-order valence-corrected chi connectivity index (χ4v) is 2.58. The maximum absolute atomic E-state index is 13.2. The highest BCUT2D eigenvalue weighted by Gasteiger charge is 2.51. The van der Waals surface area contributed by atoms with Gasteiger partial charge in [-0.25, -0.2) is 8.78 Å². The molecule has 17 heavy (non-hydrogen) atoms. The molecule has 0 aliphatic heterocycles. The van der Waals surface area contributed by atoms with E-state index in [1.165, 1.54) is 25.0 Å². The zero-order chi connectivity index (χ0) is 12.0. The summed E-state index contributed by atoms with van der Waals surface area (Å²) in [5.74, 6) is -0.423. The fourth-order valence-electron chi connectivity index (χ4n) is 2.58. The lowest BCUT2D eigenvalue weighted by Gasteiger charge is -2.12. The molecular formula is C14H17F2N. The van der Waals surface area contributed by atoms with Crippen LogP contribution in [0.2, 0.25) is 0 Å². The molecule has 0 saturated heterocycles. The number of nitrogens with one attached hydrogen (secondary N) is 1. The van der Waals surface area contributed by atoms with Crippen molar-refractivity contribution in [1.29, 1.82) is 0 Å². The van der Waals surface area contributed by atoms with Crippen LogP contribution in [0, 0.1) is 17.6 Å². The van der Waals surface area contributed by atoms with Crippen molar-refractivity contribution < 1.29 is 8.78 Å². The predicted molar refractivity (Wildman–Crippen MR) is 62.8 cm³/mol. The summed E-state index contributed by atoms with van der Waals surface area (Å²) in [6, 6.07) is 4.58. The van der Waals surface area contributed by atoms with E-state index in [1.807, 2.05) is 0 Å². The van der Waals surface area contributed by atoms with Crippen LogP contribution < -0.4 is 5.32 Å². The second kappa shape index (κ2) is 3.77. The molecule has 0 spiro atoms. The molecule has 0 aromatic heterocycles. The Labute approximate surface area is 100 Å². The van der Waals surface area contributed by atoms with Gasteiger partial charge in [-0.1, -0.05) is 6.92 Å². The van der Waals surface area contributed by atoms with Gasteiger partial charge in [-0.05, 0) is 54.8 Å². The van der Waals surface area contributed by atoms with E-state index in [1.54, 1.807) is 0 Å². The summed E-state index contributed by atoms with van der Waals surface area (Å²) >= 11 is 0. The van der Waals surface area contributed by atoms with Gasteiger partial charge in [0.25, 0.3) is 0 Å². The highest BCUT2D eigenvalue weighted by molar-refractivity contribution is 5.33. The monoisotopic (exact) mass is 237 g/mol. The molecule has 1 aromatic rings. The number of halogens is 2. The maximum Gasteiger partial charge on any atom is 0.126 e. The quantitative estimate of drug-likeness (QED) is 0.849. The summed E-state index contributed by atoms with van der Waals surface area (Å²) in [4.78, 5) is 0. The first-order valence-electron chi connectivity index (χ1n) is 6.28. The molecule has 0 bridgehead atoms. The van der Waals surface area contributed by atoms with Crippen molar-refractivity contribution >= 4 is 0 Å². The number of hydrogen-bond acceptors (Lipinski definition) is 1. The third kappa shape index (κ3) is 2.21. The minimum absolute atomic E-state index is 0.0369. The molecule has 92 valence electrons. The van der Waals surface area contributed by atoms with Gasteiger partial charge in [0.1, 0.15) is 11.6 Å². The molecule has 2 saturated carbocycles. The Balaban J connectivity index is 1.70. The third-order valence-electron chi connectivity index (χ3n) is 4.16. The van der Waals surface area contributed by atoms with E-state index >= 15 is 0 Å². The van der Waals surface area contributed by atoms with E-state index in [-0.39, 0.29) is 5.41 Å². The van der Waals surface area contributed by atoms with Crippen molar-refractivity contribution in [3.63, 3.8) is 0 Å². The summed E-state index contributed by atoms with van der Waals surface area (Å²) in [5, 5.41) is 3.49. The molecule has 0 amide bonds. The number of hydrogen-bond donors (Lipinski definition) is 1. The van der Waals surface area contributed by atoms with Crippen LogP contribution in [-0.2, 0) is 5.41 Å². The highest BCUT2D eigenvalue weighted by Crippen LogP contribution is 2.53. The van der Waals surface area contributed by atoms with Crippen LogP contribution in [0.1, 0.15) is 31.7 Å². The Kier molecular flexibility index (Phi) is 2.47. The first-order valence-corrected chi connectivity index (χ1v) is 6.28. The smallest absolute Gasteiger partial charge is 0.126 e. The standard InChI is InChI=1S/C14H17F2N/c1-14(7-10(14)8-17-13-2-3-13)9-4-11(15)6-12(16)5-9/h4-6,10,13,17H,2-3,7-8H2,1H3. The van der Waals surface area contributed by atoms with Crippen molar-refractivity contribution in [2.45, 2.75) is 37.6 Å². The van der Waals surface area contributed by atoms with Crippen molar-refractivity contribution in [2.24, 2.45) is 5.92 Å². The average molecular weight is 237 g/mol. The summed E-state index contributed by atoms with van der Waals surface area (Å²) in [5.41, 5.74) is 0.766. The summed E-state index contributed by atoms with van der Waals surface area (Å²) in [7, 11) is 0. The fraction of sp³-hybridized carbons (Fsp3) is 0.571. The Morgan fingerprint density at radius 1 is 1.24 bits per heavy atom. The molecule has 2 aliphatic rings. The lowest BCUT2D eigenvalue weighted by Crippen LogP contribution is -2.22. The van der Waals surface area contributed by atoms with Crippen LogP contribution in [0.4, 0.5) is 8.78 Å². The average Bonchev–Trinajstić information content (AvgIpc) is 3.11. The predicted octanol–water partition coefficient (Wildman–Crippen LogP) is 2.99. The van der Waals surface area contributed by atoms with Crippen molar-refractivity contribution in [3.8, 4) is 0 Å². The normalized spacial score (nSPS) is 31.6. The van der Waals surface area contributed by atoms with E-state index in [4.69, 9.17) is 0 Å². The molecule has 0 radical (unpaired) electrons. The van der Waals surface area contributed by atoms with Crippen LogP contribution in [0.3, 0.4) is 0 Å². The lowest BCUT2D eigenvalue weighted by atomic mass is 9.95. The van der Waals surface area contributed by atoms with Gasteiger partial charge in [0.05, 0.1) is 0 Å². The molecule has 2 fully saturated rings. The van der Waals surface area contributed by atoms with Gasteiger partial charge >= 0.3 is 0 Å². The molecule has 1 N–H and O–H groups in total. The molecule has 1 aromatic carbocycles. The van der Waals surface area contributed by atoms with Gasteiger partial charge in [-0.15, -0.1) is 0 Å². The highest BCUT2D eigenvalue weighted by atomic mass is 19.1. The molecule has 2 aliphatic carbocycles. The van der Waals surface area contributed by atoms with Gasteiger partial charge in [0.15, 0.2) is 0 Å². The lowest BCUT2D eigenvalue weighted by molar-refractivity contribution is 0.552. The first-order chi connectivity index (χ1) is 8.08. The Bertz CT molecular complexity index is 422. The topological polar surface area (TPSA) is 12.0 Å². The minimum atomic E-state index is -0.470. The van der Waals surface area contributed by atoms with Crippen LogP contribution in [0.15, 0.2) is 18.2 Å². The second-order valence-corrected chi connectivity index (χ2v) is 5.66. The first kappa shape index (κ1) is 11.1. The minimum Gasteiger partial charge on any atom is -0.314 e. The van der Waals surface area contributed by atoms with E-state index in [2.05, 4.69) is 12.2 Å². The van der Waals surface area contributed by atoms with Crippen molar-refractivity contribution in [1.82, 2.24) is 5.32 Å². The van der Waals surface area contributed by atoms with Gasteiger partial charge < -0.3 is 5.32 Å².